The zero-order valence-electron chi connectivity index (χ0n) is 15.9. The van der Waals surface area contributed by atoms with Gasteiger partial charge in [-0.1, -0.05) is 24.3 Å². The maximum Gasteiger partial charge on any atom is 0.157 e. The molecule has 0 saturated carbocycles. The monoisotopic (exact) mass is 388 g/mol. The molecule has 30 heavy (non-hydrogen) atoms. The lowest BCUT2D eigenvalue weighted by Crippen LogP contribution is -1.90. The van der Waals surface area contributed by atoms with Crippen LogP contribution in [-0.2, 0) is 0 Å². The standard InChI is InChI=1S/C24H16N6/c1-2-6-18-17(5-1)27-23(28-18)21-13-15(9-11-25-21)16-10-12-26-22(14-16)24-29-19-7-3-4-8-20(19)30-24/h1-14H,(H,27,28)(H,29,30). The van der Waals surface area contributed by atoms with Crippen molar-refractivity contribution in [1.29, 1.82) is 0 Å². The number of nitrogens with zero attached hydrogens (tertiary/aromatic N) is 4. The van der Waals surface area contributed by atoms with Gasteiger partial charge in [0, 0.05) is 12.4 Å². The lowest BCUT2D eigenvalue weighted by atomic mass is 10.1. The summed E-state index contributed by atoms with van der Waals surface area (Å²) in [6.45, 7) is 0. The average Bonchev–Trinajstić information content (AvgIpc) is 3.44. The number of aromatic nitrogens is 6. The third-order valence-corrected chi connectivity index (χ3v) is 5.12. The molecule has 6 heteroatoms. The second-order valence-electron chi connectivity index (χ2n) is 7.06. The van der Waals surface area contributed by atoms with Crippen LogP contribution in [0.5, 0.6) is 0 Å². The van der Waals surface area contributed by atoms with Crippen molar-refractivity contribution >= 4 is 22.1 Å². The molecule has 142 valence electrons. The van der Waals surface area contributed by atoms with Crippen molar-refractivity contribution in [3.63, 3.8) is 0 Å². The van der Waals surface area contributed by atoms with E-state index in [1.54, 1.807) is 12.4 Å². The second-order valence-corrected chi connectivity index (χ2v) is 7.06. The van der Waals surface area contributed by atoms with Crippen LogP contribution in [0.25, 0.3) is 56.2 Å². The topological polar surface area (TPSA) is 83.1 Å². The van der Waals surface area contributed by atoms with Crippen molar-refractivity contribution in [1.82, 2.24) is 29.9 Å². The molecule has 6 nitrogen and oxygen atoms in total. The molecule has 0 radical (unpaired) electrons. The summed E-state index contributed by atoms with van der Waals surface area (Å²) in [7, 11) is 0. The molecule has 6 rings (SSSR count). The summed E-state index contributed by atoms with van der Waals surface area (Å²) in [6.07, 6.45) is 3.61. The Hall–Kier alpha value is -4.32. The molecule has 0 saturated heterocycles. The van der Waals surface area contributed by atoms with E-state index in [1.165, 1.54) is 0 Å². The van der Waals surface area contributed by atoms with Gasteiger partial charge < -0.3 is 9.97 Å². The van der Waals surface area contributed by atoms with Crippen LogP contribution >= 0.6 is 0 Å². The lowest BCUT2D eigenvalue weighted by molar-refractivity contribution is 1.23. The van der Waals surface area contributed by atoms with Crippen LogP contribution in [0.1, 0.15) is 0 Å². The number of rotatable bonds is 3. The van der Waals surface area contributed by atoms with Gasteiger partial charge in [-0.3, -0.25) is 9.97 Å². The molecule has 2 N–H and O–H groups in total. The zero-order valence-corrected chi connectivity index (χ0v) is 15.9. The SMILES string of the molecule is c1ccc2[nH]c(-c3cc(-c4ccnc(-c5nc6ccccc6[nH]5)c4)ccn3)nc2c1. The zero-order chi connectivity index (χ0) is 19.9. The van der Waals surface area contributed by atoms with Crippen LogP contribution in [0.2, 0.25) is 0 Å². The average molecular weight is 388 g/mol. The number of H-pyrrole nitrogens is 2. The maximum atomic E-state index is 4.66. The summed E-state index contributed by atoms with van der Waals surface area (Å²) in [6, 6.07) is 24.0. The highest BCUT2D eigenvalue weighted by Crippen LogP contribution is 2.27. The molecule has 0 unspecified atom stereocenters. The first-order valence-corrected chi connectivity index (χ1v) is 9.66. The van der Waals surface area contributed by atoms with E-state index in [2.05, 4.69) is 29.9 Å². The molecule has 0 amide bonds. The minimum atomic E-state index is 0.754. The van der Waals surface area contributed by atoms with Crippen LogP contribution in [0.3, 0.4) is 0 Å². The smallest absolute Gasteiger partial charge is 0.157 e. The third kappa shape index (κ3) is 2.82. The minimum absolute atomic E-state index is 0.754. The number of aromatic amines is 2. The van der Waals surface area contributed by atoms with Crippen molar-refractivity contribution in [2.45, 2.75) is 0 Å². The summed E-state index contributed by atoms with van der Waals surface area (Å²) in [5.74, 6) is 1.51. The van der Waals surface area contributed by atoms with Crippen LogP contribution in [0.4, 0.5) is 0 Å². The van der Waals surface area contributed by atoms with Gasteiger partial charge in [-0.2, -0.15) is 0 Å². The van der Waals surface area contributed by atoms with Crippen LogP contribution < -0.4 is 0 Å². The van der Waals surface area contributed by atoms with Crippen molar-refractivity contribution in [2.75, 3.05) is 0 Å². The lowest BCUT2D eigenvalue weighted by Gasteiger charge is -2.05. The normalized spacial score (nSPS) is 11.3. The molecule has 0 atom stereocenters. The van der Waals surface area contributed by atoms with Gasteiger partial charge in [0.2, 0.25) is 0 Å². The molecule has 0 fully saturated rings. The van der Waals surface area contributed by atoms with E-state index >= 15 is 0 Å². The minimum Gasteiger partial charge on any atom is -0.337 e. The molecule has 2 aromatic carbocycles. The second kappa shape index (κ2) is 6.63. The predicted molar refractivity (Wildman–Crippen MR) is 118 cm³/mol. The molecule has 0 spiro atoms. The summed E-state index contributed by atoms with van der Waals surface area (Å²) in [5.41, 5.74) is 7.52. The Kier molecular flexibility index (Phi) is 3.67. The van der Waals surface area contributed by atoms with Crippen molar-refractivity contribution < 1.29 is 0 Å². The first kappa shape index (κ1) is 16.6. The molecule has 0 aliphatic rings. The Morgan fingerprint density at radius 3 is 1.47 bits per heavy atom. The fourth-order valence-electron chi connectivity index (χ4n) is 3.63. The van der Waals surface area contributed by atoms with Gasteiger partial charge >= 0.3 is 0 Å². The highest BCUT2D eigenvalue weighted by Gasteiger charge is 2.10. The van der Waals surface area contributed by atoms with E-state index in [0.29, 0.717) is 0 Å². The first-order chi connectivity index (χ1) is 14.8. The summed E-state index contributed by atoms with van der Waals surface area (Å²) in [4.78, 5) is 25.0. The van der Waals surface area contributed by atoms with Gasteiger partial charge in [0.15, 0.2) is 11.6 Å². The van der Waals surface area contributed by atoms with Crippen molar-refractivity contribution in [3.8, 4) is 34.2 Å². The highest BCUT2D eigenvalue weighted by molar-refractivity contribution is 5.81. The van der Waals surface area contributed by atoms with E-state index in [-0.39, 0.29) is 0 Å². The third-order valence-electron chi connectivity index (χ3n) is 5.12. The molecule has 0 bridgehead atoms. The van der Waals surface area contributed by atoms with Gasteiger partial charge in [-0.05, 0) is 59.7 Å². The number of para-hydroxylation sites is 4. The van der Waals surface area contributed by atoms with Gasteiger partial charge in [-0.15, -0.1) is 0 Å². The molecular formula is C24H16N6. The number of hydrogen-bond donors (Lipinski definition) is 2. The number of fused-ring (bicyclic) bond motifs is 2. The van der Waals surface area contributed by atoms with Gasteiger partial charge in [-0.25, -0.2) is 9.97 Å². The molecule has 0 aliphatic carbocycles. The van der Waals surface area contributed by atoms with Crippen LogP contribution in [-0.4, -0.2) is 29.9 Å². The van der Waals surface area contributed by atoms with E-state index in [4.69, 9.17) is 0 Å². The summed E-state index contributed by atoms with van der Waals surface area (Å²) in [5, 5.41) is 0. The van der Waals surface area contributed by atoms with Gasteiger partial charge in [0.05, 0.1) is 22.1 Å². The first-order valence-electron chi connectivity index (χ1n) is 9.66. The molecule has 6 aromatic rings. The fraction of sp³-hybridized carbons (Fsp3) is 0. The Bertz CT molecular complexity index is 1330. The van der Waals surface area contributed by atoms with E-state index < -0.39 is 0 Å². The van der Waals surface area contributed by atoms with Crippen molar-refractivity contribution in [3.05, 3.63) is 85.2 Å². The molecule has 0 aliphatic heterocycles. The Morgan fingerprint density at radius 1 is 0.533 bits per heavy atom. The van der Waals surface area contributed by atoms with E-state index in [0.717, 1.165) is 56.2 Å². The highest BCUT2D eigenvalue weighted by atomic mass is 15.0. The van der Waals surface area contributed by atoms with Gasteiger partial charge in [0.25, 0.3) is 0 Å². The number of pyridine rings is 2. The Balaban J connectivity index is 1.41. The quantitative estimate of drug-likeness (QED) is 0.435. The number of benzene rings is 2. The van der Waals surface area contributed by atoms with Gasteiger partial charge in [0.1, 0.15) is 11.4 Å². The molecular weight excluding hydrogens is 372 g/mol. The largest absolute Gasteiger partial charge is 0.337 e. The molecule has 4 heterocycles. The number of imidazole rings is 2. The number of nitrogens with one attached hydrogen (secondary N) is 2. The summed E-state index contributed by atoms with van der Waals surface area (Å²) < 4.78 is 0. The maximum absolute atomic E-state index is 4.66. The fourth-order valence-corrected chi connectivity index (χ4v) is 3.63. The Morgan fingerprint density at radius 2 is 1.00 bits per heavy atom. The van der Waals surface area contributed by atoms with E-state index in [9.17, 15) is 0 Å². The van der Waals surface area contributed by atoms with Crippen LogP contribution in [0, 0.1) is 0 Å². The predicted octanol–water partition coefficient (Wildman–Crippen LogP) is 5.23. The number of hydrogen-bond acceptors (Lipinski definition) is 4. The van der Waals surface area contributed by atoms with E-state index in [1.807, 2.05) is 72.8 Å². The molecule has 4 aromatic heterocycles. The summed E-state index contributed by atoms with van der Waals surface area (Å²) >= 11 is 0. The van der Waals surface area contributed by atoms with Crippen LogP contribution in [0.15, 0.2) is 85.2 Å². The van der Waals surface area contributed by atoms with Crippen molar-refractivity contribution in [2.24, 2.45) is 0 Å². The Labute approximate surface area is 171 Å².